The summed E-state index contributed by atoms with van der Waals surface area (Å²) in [6, 6.07) is 3.76. The molecule has 0 saturated heterocycles. The molecule has 2 aromatic rings. The molecular weight excluding hydrogens is 318 g/mol. The van der Waals surface area contributed by atoms with Gasteiger partial charge in [-0.2, -0.15) is 4.37 Å². The maximum atomic E-state index is 12.2. The van der Waals surface area contributed by atoms with Gasteiger partial charge in [-0.05, 0) is 19.1 Å². The van der Waals surface area contributed by atoms with Gasteiger partial charge in [0.1, 0.15) is 5.82 Å². The molecular formula is C10H11N5O4S2. The van der Waals surface area contributed by atoms with Crippen molar-refractivity contribution in [3.8, 4) is 0 Å². The third kappa shape index (κ3) is 3.25. The Hall–Kier alpha value is -2.27. The highest BCUT2D eigenvalue weighted by molar-refractivity contribution is 7.93. The third-order valence-electron chi connectivity index (χ3n) is 2.48. The highest BCUT2D eigenvalue weighted by Crippen LogP contribution is 2.28. The molecule has 0 amide bonds. The van der Waals surface area contributed by atoms with Crippen LogP contribution in [0.15, 0.2) is 23.1 Å². The Balaban J connectivity index is 2.46. The molecule has 0 saturated carbocycles. The van der Waals surface area contributed by atoms with Gasteiger partial charge in [-0.25, -0.2) is 13.4 Å². The van der Waals surface area contributed by atoms with Gasteiger partial charge in [0.05, 0.1) is 4.92 Å². The van der Waals surface area contributed by atoms with Crippen molar-refractivity contribution in [2.24, 2.45) is 0 Å². The van der Waals surface area contributed by atoms with E-state index >= 15 is 0 Å². The number of nitro benzene ring substituents is 1. The molecule has 9 nitrogen and oxygen atoms in total. The number of nitrogens with one attached hydrogen (secondary N) is 2. The number of nitrogens with zero attached hydrogens (tertiary/aromatic N) is 3. The summed E-state index contributed by atoms with van der Waals surface area (Å²) in [4.78, 5) is 13.7. The molecule has 1 heterocycles. The average Bonchev–Trinajstić information content (AvgIpc) is 2.82. The zero-order valence-electron chi connectivity index (χ0n) is 11.0. The minimum Gasteiger partial charge on any atom is -0.388 e. The van der Waals surface area contributed by atoms with Crippen LogP contribution in [-0.2, 0) is 10.0 Å². The number of benzene rings is 1. The van der Waals surface area contributed by atoms with E-state index in [1.807, 2.05) is 0 Å². The summed E-state index contributed by atoms with van der Waals surface area (Å²) < 4.78 is 30.5. The number of sulfonamides is 1. The van der Waals surface area contributed by atoms with E-state index in [9.17, 15) is 18.5 Å². The third-order valence-corrected chi connectivity index (χ3v) is 4.72. The fourth-order valence-corrected chi connectivity index (χ4v) is 3.50. The van der Waals surface area contributed by atoms with Crippen LogP contribution < -0.4 is 10.0 Å². The van der Waals surface area contributed by atoms with Gasteiger partial charge in [0, 0.05) is 30.3 Å². The summed E-state index contributed by atoms with van der Waals surface area (Å²) in [5, 5.41) is 13.8. The van der Waals surface area contributed by atoms with Crippen molar-refractivity contribution in [2.45, 2.75) is 11.8 Å². The lowest BCUT2D eigenvalue weighted by Gasteiger charge is -2.07. The largest absolute Gasteiger partial charge is 0.388 e. The van der Waals surface area contributed by atoms with E-state index in [1.165, 1.54) is 12.1 Å². The Bertz CT molecular complexity index is 786. The zero-order valence-corrected chi connectivity index (χ0v) is 12.7. The highest BCUT2D eigenvalue weighted by Gasteiger charge is 2.27. The van der Waals surface area contributed by atoms with Crippen LogP contribution in [0.1, 0.15) is 5.82 Å². The van der Waals surface area contributed by atoms with Gasteiger partial charge in [-0.1, -0.05) is 0 Å². The van der Waals surface area contributed by atoms with Crippen LogP contribution in [0.3, 0.4) is 0 Å². The van der Waals surface area contributed by atoms with Crippen molar-refractivity contribution in [3.05, 3.63) is 34.1 Å². The lowest BCUT2D eigenvalue weighted by Crippen LogP contribution is -2.14. The first-order chi connectivity index (χ1) is 9.83. The molecule has 0 fully saturated rings. The lowest BCUT2D eigenvalue weighted by molar-refractivity contribution is -0.387. The van der Waals surface area contributed by atoms with Crippen molar-refractivity contribution in [1.82, 2.24) is 9.36 Å². The van der Waals surface area contributed by atoms with Gasteiger partial charge in [0.15, 0.2) is 4.90 Å². The number of anilines is 2. The summed E-state index contributed by atoms with van der Waals surface area (Å²) in [5.41, 5.74) is -0.0806. The number of aryl methyl sites for hydroxylation is 1. The number of hydrogen-bond donors (Lipinski definition) is 2. The molecule has 1 aromatic heterocycles. The van der Waals surface area contributed by atoms with Crippen molar-refractivity contribution in [3.63, 3.8) is 0 Å². The average molecular weight is 329 g/mol. The smallest absolute Gasteiger partial charge is 0.291 e. The number of nitro groups is 1. The van der Waals surface area contributed by atoms with Crippen LogP contribution in [-0.4, -0.2) is 29.7 Å². The van der Waals surface area contributed by atoms with E-state index in [1.54, 1.807) is 14.0 Å². The fraction of sp³-hybridized carbons (Fsp3) is 0.200. The second kappa shape index (κ2) is 5.61. The lowest BCUT2D eigenvalue weighted by atomic mass is 10.3. The quantitative estimate of drug-likeness (QED) is 0.630. The standard InChI is InChI=1S/C10H11N5O4S2/c1-6-12-10(20-13-6)14-21(18,19)9-4-3-7(11-2)5-8(9)15(16)17/h3-5,11H,1-2H3,(H,12,13,14). The second-order valence-electron chi connectivity index (χ2n) is 3.94. The van der Waals surface area contributed by atoms with Gasteiger partial charge < -0.3 is 5.32 Å². The van der Waals surface area contributed by atoms with Crippen LogP contribution in [0.4, 0.5) is 16.5 Å². The fourth-order valence-electron chi connectivity index (χ4n) is 1.55. The molecule has 11 heteroatoms. The first-order valence-electron chi connectivity index (χ1n) is 5.63. The van der Waals surface area contributed by atoms with E-state index in [2.05, 4.69) is 19.4 Å². The molecule has 0 aliphatic carbocycles. The topological polar surface area (TPSA) is 127 Å². The molecule has 0 spiro atoms. The van der Waals surface area contributed by atoms with Gasteiger partial charge in [-0.15, -0.1) is 0 Å². The van der Waals surface area contributed by atoms with E-state index in [-0.39, 0.29) is 5.13 Å². The predicted molar refractivity (Wildman–Crippen MR) is 78.1 cm³/mol. The number of hydrogen-bond acceptors (Lipinski definition) is 8. The Morgan fingerprint density at radius 3 is 2.62 bits per heavy atom. The van der Waals surface area contributed by atoms with Crippen molar-refractivity contribution >= 4 is 38.1 Å². The Morgan fingerprint density at radius 2 is 2.10 bits per heavy atom. The normalized spacial score (nSPS) is 11.1. The molecule has 0 aliphatic rings. The molecule has 1 aromatic carbocycles. The summed E-state index contributed by atoms with van der Waals surface area (Å²) >= 11 is 0.859. The Labute approximate surface area is 124 Å². The van der Waals surface area contributed by atoms with E-state index < -0.39 is 25.5 Å². The molecule has 0 aliphatic heterocycles. The van der Waals surface area contributed by atoms with Crippen LogP contribution in [0.2, 0.25) is 0 Å². The summed E-state index contributed by atoms with van der Waals surface area (Å²) in [6.45, 7) is 1.61. The maximum Gasteiger partial charge on any atom is 0.291 e. The van der Waals surface area contributed by atoms with Gasteiger partial charge in [-0.3, -0.25) is 14.8 Å². The van der Waals surface area contributed by atoms with Crippen molar-refractivity contribution in [1.29, 1.82) is 0 Å². The van der Waals surface area contributed by atoms with Crippen molar-refractivity contribution in [2.75, 3.05) is 17.1 Å². The predicted octanol–water partition coefficient (Wildman–Crippen LogP) is 1.60. The minimum absolute atomic E-state index is 0.0551. The minimum atomic E-state index is -4.11. The Kier molecular flexibility index (Phi) is 4.04. The molecule has 0 radical (unpaired) electrons. The molecule has 0 unspecified atom stereocenters. The summed E-state index contributed by atoms with van der Waals surface area (Å²) in [6.07, 6.45) is 0. The summed E-state index contributed by atoms with van der Waals surface area (Å²) in [5.74, 6) is 0.415. The molecule has 21 heavy (non-hydrogen) atoms. The zero-order chi connectivity index (χ0) is 15.6. The number of rotatable bonds is 5. The van der Waals surface area contributed by atoms with Gasteiger partial charge in [0.2, 0.25) is 5.13 Å². The molecule has 0 bridgehead atoms. The van der Waals surface area contributed by atoms with Crippen LogP contribution in [0, 0.1) is 17.0 Å². The molecule has 2 rings (SSSR count). The van der Waals surface area contributed by atoms with Crippen LogP contribution in [0.5, 0.6) is 0 Å². The Morgan fingerprint density at radius 1 is 1.38 bits per heavy atom. The van der Waals surface area contributed by atoms with Crippen LogP contribution >= 0.6 is 11.5 Å². The first kappa shape index (κ1) is 15.1. The van der Waals surface area contributed by atoms with Crippen molar-refractivity contribution < 1.29 is 13.3 Å². The highest BCUT2D eigenvalue weighted by atomic mass is 32.2. The monoisotopic (exact) mass is 329 g/mol. The second-order valence-corrected chi connectivity index (χ2v) is 6.34. The van der Waals surface area contributed by atoms with E-state index in [0.29, 0.717) is 11.5 Å². The van der Waals surface area contributed by atoms with Crippen LogP contribution in [0.25, 0.3) is 0 Å². The first-order valence-corrected chi connectivity index (χ1v) is 7.88. The molecule has 0 atom stereocenters. The SMILES string of the molecule is CNc1ccc(S(=O)(=O)Nc2nc(C)ns2)c([N+](=O)[O-])c1. The summed E-state index contributed by atoms with van der Waals surface area (Å²) in [7, 11) is -2.53. The van der Waals surface area contributed by atoms with Gasteiger partial charge >= 0.3 is 0 Å². The molecule has 2 N–H and O–H groups in total. The maximum absolute atomic E-state index is 12.2. The van der Waals surface area contributed by atoms with Gasteiger partial charge in [0.25, 0.3) is 15.7 Å². The van der Waals surface area contributed by atoms with E-state index in [4.69, 9.17) is 0 Å². The van der Waals surface area contributed by atoms with E-state index in [0.717, 1.165) is 17.6 Å². The molecule has 112 valence electrons. The number of aromatic nitrogens is 2.